The highest BCUT2D eigenvalue weighted by atomic mass is 35.5. The molecule has 0 saturated heterocycles. The number of rotatable bonds is 8. The van der Waals surface area contributed by atoms with Gasteiger partial charge in [-0.15, -0.1) is 0 Å². The van der Waals surface area contributed by atoms with Crippen LogP contribution in [0, 0.1) is 5.82 Å². The smallest absolute Gasteiger partial charge is 0.363 e. The SMILES string of the molecule is CCOc1cc(/C=C2\N=C(c3ccc(NC(C)=O)cc3)OC2=O)cc(Cl)c1OCc1ccccc1F. The Balaban J connectivity index is 1.58. The fourth-order valence-electron chi connectivity index (χ4n) is 3.43. The van der Waals surface area contributed by atoms with Gasteiger partial charge in [0.1, 0.15) is 12.4 Å². The quantitative estimate of drug-likeness (QED) is 0.309. The van der Waals surface area contributed by atoms with Crippen LogP contribution in [0.4, 0.5) is 10.1 Å². The molecule has 4 rings (SSSR count). The molecule has 1 N–H and O–H groups in total. The molecule has 0 saturated carbocycles. The number of benzene rings is 3. The van der Waals surface area contributed by atoms with Crippen molar-refractivity contribution in [1.29, 1.82) is 0 Å². The summed E-state index contributed by atoms with van der Waals surface area (Å²) >= 11 is 6.46. The van der Waals surface area contributed by atoms with Crippen molar-refractivity contribution in [1.82, 2.24) is 0 Å². The summed E-state index contributed by atoms with van der Waals surface area (Å²) < 4.78 is 30.7. The molecule has 0 radical (unpaired) electrons. The number of nitrogens with one attached hydrogen (secondary N) is 1. The molecule has 0 atom stereocenters. The molecule has 0 spiro atoms. The first-order valence-electron chi connectivity index (χ1n) is 11.1. The lowest BCUT2D eigenvalue weighted by Gasteiger charge is -2.15. The predicted molar refractivity (Wildman–Crippen MR) is 135 cm³/mol. The Morgan fingerprint density at radius 3 is 2.58 bits per heavy atom. The van der Waals surface area contributed by atoms with Gasteiger partial charge in [-0.3, -0.25) is 4.79 Å². The largest absolute Gasteiger partial charge is 0.490 e. The van der Waals surface area contributed by atoms with Crippen LogP contribution < -0.4 is 14.8 Å². The molecule has 0 bridgehead atoms. The van der Waals surface area contributed by atoms with Gasteiger partial charge in [0, 0.05) is 23.7 Å². The lowest BCUT2D eigenvalue weighted by Crippen LogP contribution is -2.07. The van der Waals surface area contributed by atoms with Crippen molar-refractivity contribution >= 4 is 41.1 Å². The van der Waals surface area contributed by atoms with Crippen LogP contribution in [-0.2, 0) is 20.9 Å². The van der Waals surface area contributed by atoms with Gasteiger partial charge < -0.3 is 19.5 Å². The Labute approximate surface area is 212 Å². The van der Waals surface area contributed by atoms with Crippen molar-refractivity contribution in [3.05, 3.63) is 93.9 Å². The number of ether oxygens (including phenoxy) is 3. The maximum Gasteiger partial charge on any atom is 0.363 e. The first-order valence-corrected chi connectivity index (χ1v) is 11.4. The molecule has 1 aliphatic heterocycles. The Morgan fingerprint density at radius 1 is 1.14 bits per heavy atom. The Bertz CT molecular complexity index is 1370. The summed E-state index contributed by atoms with van der Waals surface area (Å²) in [5.41, 5.74) is 2.19. The molecule has 36 heavy (non-hydrogen) atoms. The summed E-state index contributed by atoms with van der Waals surface area (Å²) in [5, 5.41) is 2.90. The maximum absolute atomic E-state index is 14.0. The second kappa shape index (κ2) is 11.0. The minimum atomic E-state index is -0.620. The lowest BCUT2D eigenvalue weighted by atomic mass is 10.1. The van der Waals surface area contributed by atoms with Crippen molar-refractivity contribution < 1.29 is 28.2 Å². The zero-order valence-electron chi connectivity index (χ0n) is 19.5. The number of esters is 1. The third kappa shape index (κ3) is 5.90. The number of aliphatic imine (C=N–C) groups is 1. The van der Waals surface area contributed by atoms with Crippen LogP contribution in [-0.4, -0.2) is 24.4 Å². The molecule has 3 aromatic carbocycles. The van der Waals surface area contributed by atoms with E-state index in [0.29, 0.717) is 34.7 Å². The second-order valence-corrected chi connectivity index (χ2v) is 8.14. The summed E-state index contributed by atoms with van der Waals surface area (Å²) in [6.45, 7) is 3.53. The fraction of sp³-hybridized carbons (Fsp3) is 0.148. The minimum absolute atomic E-state index is 0.0341. The van der Waals surface area contributed by atoms with Crippen molar-refractivity contribution in [3.8, 4) is 11.5 Å². The number of hydrogen-bond donors (Lipinski definition) is 1. The second-order valence-electron chi connectivity index (χ2n) is 7.74. The van der Waals surface area contributed by atoms with Crippen molar-refractivity contribution in [2.24, 2.45) is 4.99 Å². The molecule has 1 amide bonds. The Hall–Kier alpha value is -4.17. The standard InChI is InChI=1S/C27H22ClFN2O5/c1-3-34-24-14-17(12-21(28)25(24)35-15-19-6-4-5-7-22(19)29)13-23-27(33)36-26(31-23)18-8-10-20(11-9-18)30-16(2)32/h4-14H,3,15H2,1-2H3,(H,30,32)/b23-13-. The van der Waals surface area contributed by atoms with Gasteiger partial charge in [-0.25, -0.2) is 14.2 Å². The number of halogens is 2. The molecule has 9 heteroatoms. The summed E-state index contributed by atoms with van der Waals surface area (Å²) in [7, 11) is 0. The molecule has 0 aliphatic carbocycles. The van der Waals surface area contributed by atoms with Crippen LogP contribution in [0.2, 0.25) is 5.02 Å². The molecule has 3 aromatic rings. The number of carbonyl (C=O) groups is 2. The third-order valence-electron chi connectivity index (χ3n) is 5.04. The van der Waals surface area contributed by atoms with E-state index in [1.807, 2.05) is 6.92 Å². The number of carbonyl (C=O) groups excluding carboxylic acids is 2. The van der Waals surface area contributed by atoms with E-state index in [2.05, 4.69) is 10.3 Å². The molecular weight excluding hydrogens is 487 g/mol. The number of amides is 1. The topological polar surface area (TPSA) is 86.2 Å². The zero-order valence-corrected chi connectivity index (χ0v) is 20.3. The van der Waals surface area contributed by atoms with Crippen LogP contribution >= 0.6 is 11.6 Å². The van der Waals surface area contributed by atoms with Gasteiger partial charge >= 0.3 is 5.97 Å². The molecule has 1 aliphatic rings. The monoisotopic (exact) mass is 508 g/mol. The summed E-state index contributed by atoms with van der Waals surface area (Å²) in [4.78, 5) is 27.9. The van der Waals surface area contributed by atoms with Crippen LogP contribution in [0.15, 0.2) is 71.4 Å². The number of anilines is 1. The van der Waals surface area contributed by atoms with Crippen LogP contribution in [0.1, 0.15) is 30.5 Å². The van der Waals surface area contributed by atoms with E-state index in [0.717, 1.165) is 0 Å². The first-order chi connectivity index (χ1) is 17.3. The van der Waals surface area contributed by atoms with Crippen LogP contribution in [0.5, 0.6) is 11.5 Å². The summed E-state index contributed by atoms with van der Waals surface area (Å²) in [6, 6.07) is 16.3. The molecule has 0 unspecified atom stereocenters. The van der Waals surface area contributed by atoms with E-state index in [-0.39, 0.29) is 40.7 Å². The molecule has 1 heterocycles. The van der Waals surface area contributed by atoms with Gasteiger partial charge in [0.15, 0.2) is 17.2 Å². The van der Waals surface area contributed by atoms with E-state index in [1.165, 1.54) is 19.1 Å². The normalized spacial score (nSPS) is 13.8. The highest BCUT2D eigenvalue weighted by Gasteiger charge is 2.24. The van der Waals surface area contributed by atoms with E-state index in [9.17, 15) is 14.0 Å². The van der Waals surface area contributed by atoms with E-state index < -0.39 is 5.97 Å². The Kier molecular flexibility index (Phi) is 7.65. The zero-order chi connectivity index (χ0) is 25.7. The van der Waals surface area contributed by atoms with Gasteiger partial charge in [-0.05, 0) is 61.0 Å². The molecular formula is C27H22ClFN2O5. The van der Waals surface area contributed by atoms with Gasteiger partial charge in [-0.1, -0.05) is 29.8 Å². The summed E-state index contributed by atoms with van der Waals surface area (Å²) in [6.07, 6.45) is 1.52. The van der Waals surface area contributed by atoms with Gasteiger partial charge in [0.25, 0.3) is 0 Å². The lowest BCUT2D eigenvalue weighted by molar-refractivity contribution is -0.129. The summed E-state index contributed by atoms with van der Waals surface area (Å²) in [5.74, 6) is -0.442. The van der Waals surface area contributed by atoms with Crippen molar-refractivity contribution in [2.45, 2.75) is 20.5 Å². The first kappa shape index (κ1) is 24.9. The average molecular weight is 509 g/mol. The minimum Gasteiger partial charge on any atom is -0.490 e. The van der Waals surface area contributed by atoms with E-state index in [1.54, 1.807) is 54.6 Å². The van der Waals surface area contributed by atoms with Crippen LogP contribution in [0.25, 0.3) is 6.08 Å². The number of nitrogens with zero attached hydrogens (tertiary/aromatic N) is 1. The van der Waals surface area contributed by atoms with E-state index in [4.69, 9.17) is 25.8 Å². The van der Waals surface area contributed by atoms with Crippen molar-refractivity contribution in [2.75, 3.05) is 11.9 Å². The predicted octanol–water partition coefficient (Wildman–Crippen LogP) is 5.76. The third-order valence-corrected chi connectivity index (χ3v) is 5.32. The highest BCUT2D eigenvalue weighted by Crippen LogP contribution is 2.38. The molecule has 0 aromatic heterocycles. The van der Waals surface area contributed by atoms with Gasteiger partial charge in [-0.2, -0.15) is 0 Å². The number of hydrogen-bond acceptors (Lipinski definition) is 6. The average Bonchev–Trinajstić information content (AvgIpc) is 3.20. The van der Waals surface area contributed by atoms with Crippen LogP contribution in [0.3, 0.4) is 0 Å². The van der Waals surface area contributed by atoms with Crippen molar-refractivity contribution in [3.63, 3.8) is 0 Å². The molecule has 7 nitrogen and oxygen atoms in total. The number of cyclic esters (lactones) is 1. The highest BCUT2D eigenvalue weighted by molar-refractivity contribution is 6.32. The molecule has 0 fully saturated rings. The molecule has 184 valence electrons. The Morgan fingerprint density at radius 2 is 1.89 bits per heavy atom. The van der Waals surface area contributed by atoms with Gasteiger partial charge in [0.2, 0.25) is 11.8 Å². The maximum atomic E-state index is 14.0. The van der Waals surface area contributed by atoms with E-state index >= 15 is 0 Å². The van der Waals surface area contributed by atoms with Gasteiger partial charge in [0.05, 0.1) is 11.6 Å². The fourth-order valence-corrected chi connectivity index (χ4v) is 3.70.